The Balaban J connectivity index is 0.00000180. The van der Waals surface area contributed by atoms with Crippen LogP contribution in [0.1, 0.15) is 12.5 Å². The van der Waals surface area contributed by atoms with Gasteiger partial charge in [-0.05, 0) is 29.8 Å². The highest BCUT2D eigenvalue weighted by Gasteiger charge is 2.13. The first-order chi connectivity index (χ1) is 8.72. The number of hydrogen-bond acceptors (Lipinski definition) is 2. The third kappa shape index (κ3) is 3.56. The van der Waals surface area contributed by atoms with E-state index in [0.29, 0.717) is 6.54 Å². The van der Waals surface area contributed by atoms with E-state index in [4.69, 9.17) is 5.73 Å². The van der Waals surface area contributed by atoms with Gasteiger partial charge < -0.3 is 5.73 Å². The number of nitrogens with two attached hydrogens (primary N) is 1. The van der Waals surface area contributed by atoms with E-state index in [2.05, 4.69) is 0 Å². The molecule has 0 saturated carbocycles. The Morgan fingerprint density at radius 1 is 1.05 bits per heavy atom. The molecule has 0 aliphatic rings. The molecule has 2 rings (SSSR count). The molecule has 4 heteroatoms. The Hall–Kier alpha value is -1.84. The molecule has 19 heavy (non-hydrogen) atoms. The van der Waals surface area contributed by atoms with Crippen LogP contribution in [0.3, 0.4) is 0 Å². The van der Waals surface area contributed by atoms with Crippen LogP contribution >= 0.6 is 12.4 Å². The average molecular weight is 277 g/mol. The zero-order valence-corrected chi connectivity index (χ0v) is 11.6. The van der Waals surface area contributed by atoms with Gasteiger partial charge in [0.2, 0.25) is 5.91 Å². The van der Waals surface area contributed by atoms with Gasteiger partial charge in [0, 0.05) is 24.8 Å². The molecular weight excluding hydrogens is 260 g/mol. The quantitative estimate of drug-likeness (QED) is 0.935. The number of halogens is 1. The second-order valence-corrected chi connectivity index (χ2v) is 4.06. The SMILES string of the molecule is CC(=O)N(c1ccccc1)c1cccc(CN)c1.Cl. The standard InChI is InChI=1S/C15H16N2O.ClH/c1-12(18)17(14-7-3-2-4-8-14)15-9-5-6-13(10-15)11-16;/h2-10H,11,16H2,1H3;1H. The molecule has 100 valence electrons. The van der Waals surface area contributed by atoms with Gasteiger partial charge in [0.15, 0.2) is 0 Å². The predicted molar refractivity (Wildman–Crippen MR) is 80.8 cm³/mol. The molecule has 0 atom stereocenters. The normalized spacial score (nSPS) is 9.58. The van der Waals surface area contributed by atoms with Crippen molar-refractivity contribution in [1.82, 2.24) is 0 Å². The first-order valence-electron chi connectivity index (χ1n) is 5.87. The topological polar surface area (TPSA) is 46.3 Å². The van der Waals surface area contributed by atoms with Crippen LogP contribution in [0.4, 0.5) is 11.4 Å². The van der Waals surface area contributed by atoms with Crippen molar-refractivity contribution in [1.29, 1.82) is 0 Å². The number of carbonyl (C=O) groups is 1. The predicted octanol–water partition coefficient (Wildman–Crippen LogP) is 3.25. The number of benzene rings is 2. The number of anilines is 2. The lowest BCUT2D eigenvalue weighted by molar-refractivity contribution is -0.115. The van der Waals surface area contributed by atoms with E-state index in [0.717, 1.165) is 16.9 Å². The minimum Gasteiger partial charge on any atom is -0.326 e. The van der Waals surface area contributed by atoms with Crippen molar-refractivity contribution < 1.29 is 4.79 Å². The summed E-state index contributed by atoms with van der Waals surface area (Å²) in [5.74, 6) is -0.0182. The lowest BCUT2D eigenvalue weighted by Crippen LogP contribution is -2.22. The zero-order valence-electron chi connectivity index (χ0n) is 10.7. The first-order valence-corrected chi connectivity index (χ1v) is 5.87. The van der Waals surface area contributed by atoms with Gasteiger partial charge in [0.1, 0.15) is 0 Å². The molecule has 0 bridgehead atoms. The fourth-order valence-corrected chi connectivity index (χ4v) is 1.91. The Morgan fingerprint density at radius 3 is 2.26 bits per heavy atom. The summed E-state index contributed by atoms with van der Waals surface area (Å²) < 4.78 is 0. The summed E-state index contributed by atoms with van der Waals surface area (Å²) in [4.78, 5) is 13.5. The molecule has 0 radical (unpaired) electrons. The molecule has 0 spiro atoms. The molecule has 2 aromatic carbocycles. The summed E-state index contributed by atoms with van der Waals surface area (Å²) in [6.07, 6.45) is 0. The summed E-state index contributed by atoms with van der Waals surface area (Å²) >= 11 is 0. The number of rotatable bonds is 3. The van der Waals surface area contributed by atoms with Crippen LogP contribution in [0, 0.1) is 0 Å². The fourth-order valence-electron chi connectivity index (χ4n) is 1.91. The average Bonchev–Trinajstić information content (AvgIpc) is 2.40. The van der Waals surface area contributed by atoms with Crippen molar-refractivity contribution in [2.75, 3.05) is 4.90 Å². The van der Waals surface area contributed by atoms with Crippen LogP contribution in [-0.2, 0) is 11.3 Å². The van der Waals surface area contributed by atoms with E-state index < -0.39 is 0 Å². The monoisotopic (exact) mass is 276 g/mol. The van der Waals surface area contributed by atoms with Crippen molar-refractivity contribution in [3.63, 3.8) is 0 Å². The Labute approximate surface area is 119 Å². The zero-order chi connectivity index (χ0) is 13.0. The third-order valence-corrected chi connectivity index (χ3v) is 2.73. The van der Waals surface area contributed by atoms with Crippen LogP contribution in [0.15, 0.2) is 54.6 Å². The molecule has 1 amide bonds. The van der Waals surface area contributed by atoms with Gasteiger partial charge in [-0.2, -0.15) is 0 Å². The maximum absolute atomic E-state index is 11.8. The van der Waals surface area contributed by atoms with E-state index in [1.165, 1.54) is 0 Å². The van der Waals surface area contributed by atoms with Crippen LogP contribution in [0.2, 0.25) is 0 Å². The van der Waals surface area contributed by atoms with Crippen LogP contribution in [0.25, 0.3) is 0 Å². The molecule has 0 aliphatic carbocycles. The van der Waals surface area contributed by atoms with Gasteiger partial charge >= 0.3 is 0 Å². The Bertz CT molecular complexity index is 543. The van der Waals surface area contributed by atoms with Gasteiger partial charge in [0.05, 0.1) is 0 Å². The maximum atomic E-state index is 11.8. The van der Waals surface area contributed by atoms with Gasteiger partial charge in [-0.15, -0.1) is 12.4 Å². The second kappa shape index (κ2) is 6.92. The van der Waals surface area contributed by atoms with Gasteiger partial charge in [-0.3, -0.25) is 9.69 Å². The van der Waals surface area contributed by atoms with E-state index >= 15 is 0 Å². The summed E-state index contributed by atoms with van der Waals surface area (Å²) in [7, 11) is 0. The number of amides is 1. The minimum absolute atomic E-state index is 0. The molecule has 0 unspecified atom stereocenters. The first kappa shape index (κ1) is 15.2. The van der Waals surface area contributed by atoms with Crippen molar-refractivity contribution in [2.24, 2.45) is 5.73 Å². The van der Waals surface area contributed by atoms with Crippen LogP contribution in [0.5, 0.6) is 0 Å². The minimum atomic E-state index is -0.0182. The molecule has 0 fully saturated rings. The summed E-state index contributed by atoms with van der Waals surface area (Å²) in [5, 5.41) is 0. The van der Waals surface area contributed by atoms with Crippen molar-refractivity contribution in [3.05, 3.63) is 60.2 Å². The molecule has 2 N–H and O–H groups in total. The Morgan fingerprint density at radius 2 is 1.68 bits per heavy atom. The number of hydrogen-bond donors (Lipinski definition) is 1. The lowest BCUT2D eigenvalue weighted by Gasteiger charge is -2.21. The summed E-state index contributed by atoms with van der Waals surface area (Å²) in [6, 6.07) is 17.3. The third-order valence-electron chi connectivity index (χ3n) is 2.73. The van der Waals surface area contributed by atoms with Crippen LogP contribution < -0.4 is 10.6 Å². The summed E-state index contributed by atoms with van der Waals surface area (Å²) in [6.45, 7) is 2.02. The number of carbonyl (C=O) groups excluding carboxylic acids is 1. The van der Waals surface area contributed by atoms with Crippen molar-refractivity contribution in [2.45, 2.75) is 13.5 Å². The molecule has 3 nitrogen and oxygen atoms in total. The molecule has 0 aliphatic heterocycles. The van der Waals surface area contributed by atoms with Gasteiger partial charge in [-0.1, -0.05) is 30.3 Å². The highest BCUT2D eigenvalue weighted by molar-refractivity contribution is 5.99. The maximum Gasteiger partial charge on any atom is 0.228 e. The molecule has 2 aromatic rings. The molecule has 0 saturated heterocycles. The molecular formula is C15H17ClN2O. The van der Waals surface area contributed by atoms with E-state index in [1.807, 2.05) is 54.6 Å². The Kier molecular flexibility index (Phi) is 5.55. The van der Waals surface area contributed by atoms with Crippen molar-refractivity contribution in [3.8, 4) is 0 Å². The fraction of sp³-hybridized carbons (Fsp3) is 0.133. The second-order valence-electron chi connectivity index (χ2n) is 4.06. The highest BCUT2D eigenvalue weighted by Crippen LogP contribution is 2.25. The van der Waals surface area contributed by atoms with E-state index in [-0.39, 0.29) is 18.3 Å². The van der Waals surface area contributed by atoms with Crippen LogP contribution in [-0.4, -0.2) is 5.91 Å². The highest BCUT2D eigenvalue weighted by atomic mass is 35.5. The smallest absolute Gasteiger partial charge is 0.228 e. The van der Waals surface area contributed by atoms with Gasteiger partial charge in [0.25, 0.3) is 0 Å². The molecule has 0 aromatic heterocycles. The largest absolute Gasteiger partial charge is 0.326 e. The number of nitrogens with zero attached hydrogens (tertiary/aromatic N) is 1. The number of para-hydroxylation sites is 1. The van der Waals surface area contributed by atoms with Gasteiger partial charge in [-0.25, -0.2) is 0 Å². The summed E-state index contributed by atoms with van der Waals surface area (Å²) in [5.41, 5.74) is 8.34. The van der Waals surface area contributed by atoms with E-state index in [1.54, 1.807) is 11.8 Å². The lowest BCUT2D eigenvalue weighted by atomic mass is 10.1. The molecule has 0 heterocycles. The van der Waals surface area contributed by atoms with E-state index in [9.17, 15) is 4.79 Å². The van der Waals surface area contributed by atoms with Crippen molar-refractivity contribution >= 4 is 29.7 Å².